The lowest BCUT2D eigenvalue weighted by Gasteiger charge is -2.19. The maximum atomic E-state index is 12.5. The molecule has 1 unspecified atom stereocenters. The number of hydrogen-bond acceptors (Lipinski definition) is 4. The largest absolute Gasteiger partial charge is 0.465 e. The second kappa shape index (κ2) is 4.06. The van der Waals surface area contributed by atoms with Crippen LogP contribution in [0.1, 0.15) is 22.3 Å². The molecule has 0 radical (unpaired) electrons. The molecule has 5 heteroatoms. The lowest BCUT2D eigenvalue weighted by Crippen LogP contribution is -2.38. The minimum absolute atomic E-state index is 0.0435. The average molecular weight is 261 g/mol. The number of esters is 1. The number of fused-ring (bicyclic) bond motifs is 2. The number of benzene rings is 1. The zero-order valence-electron chi connectivity index (χ0n) is 10.9. The Balaban J connectivity index is 2.12. The van der Waals surface area contributed by atoms with Gasteiger partial charge in [-0.05, 0) is 24.1 Å². The number of hydrogen-bond donors (Lipinski definition) is 0. The first-order valence-electron chi connectivity index (χ1n) is 6.19. The first kappa shape index (κ1) is 12.2. The quantitative estimate of drug-likeness (QED) is 0.711. The average Bonchev–Trinajstić information content (AvgIpc) is 3.00. The summed E-state index contributed by atoms with van der Waals surface area (Å²) in [5.41, 5.74) is 1.62. The van der Waals surface area contributed by atoms with Gasteiger partial charge in [0, 0.05) is 19.3 Å². The first-order chi connectivity index (χ1) is 9.10. The number of carbonyl (C=O) groups excluding carboxylic acids is 2. The van der Waals surface area contributed by atoms with Gasteiger partial charge >= 0.3 is 5.97 Å². The smallest absolute Gasteiger partial charge is 0.337 e. The van der Waals surface area contributed by atoms with E-state index in [0.29, 0.717) is 25.2 Å². The number of nitrogens with zero attached hydrogens (tertiary/aromatic N) is 1. The van der Waals surface area contributed by atoms with Crippen LogP contribution in [0.2, 0.25) is 0 Å². The minimum Gasteiger partial charge on any atom is -0.465 e. The molecule has 0 aliphatic carbocycles. The van der Waals surface area contributed by atoms with E-state index in [1.54, 1.807) is 24.1 Å². The summed E-state index contributed by atoms with van der Waals surface area (Å²) in [6, 6.07) is 5.26. The summed E-state index contributed by atoms with van der Waals surface area (Å²) in [5, 5.41) is 0. The van der Waals surface area contributed by atoms with Crippen molar-refractivity contribution in [2.45, 2.75) is 11.8 Å². The maximum absolute atomic E-state index is 12.5. The van der Waals surface area contributed by atoms with Crippen molar-refractivity contribution in [1.82, 2.24) is 0 Å². The summed E-state index contributed by atoms with van der Waals surface area (Å²) < 4.78 is 10.1. The van der Waals surface area contributed by atoms with Crippen molar-refractivity contribution in [1.29, 1.82) is 0 Å². The predicted molar refractivity (Wildman–Crippen MR) is 68.3 cm³/mol. The molecule has 2 heterocycles. The molecule has 2 aliphatic heterocycles. The van der Waals surface area contributed by atoms with Gasteiger partial charge in [-0.2, -0.15) is 0 Å². The molecule has 1 fully saturated rings. The second-order valence-electron chi connectivity index (χ2n) is 4.97. The second-order valence-corrected chi connectivity index (χ2v) is 4.97. The van der Waals surface area contributed by atoms with Crippen LogP contribution in [0.15, 0.2) is 18.2 Å². The summed E-state index contributed by atoms with van der Waals surface area (Å²) >= 11 is 0. The van der Waals surface area contributed by atoms with E-state index in [4.69, 9.17) is 9.47 Å². The number of amides is 1. The van der Waals surface area contributed by atoms with Crippen molar-refractivity contribution in [3.63, 3.8) is 0 Å². The third-order valence-corrected chi connectivity index (χ3v) is 4.03. The van der Waals surface area contributed by atoms with Crippen molar-refractivity contribution in [2.75, 3.05) is 32.3 Å². The van der Waals surface area contributed by atoms with Gasteiger partial charge in [0.15, 0.2) is 0 Å². The molecule has 2 aliphatic rings. The van der Waals surface area contributed by atoms with E-state index in [1.165, 1.54) is 7.11 Å². The van der Waals surface area contributed by atoms with Crippen LogP contribution >= 0.6 is 0 Å². The monoisotopic (exact) mass is 261 g/mol. The van der Waals surface area contributed by atoms with Crippen molar-refractivity contribution >= 4 is 17.6 Å². The lowest BCUT2D eigenvalue weighted by atomic mass is 9.81. The number of carbonyl (C=O) groups is 2. The van der Waals surface area contributed by atoms with Crippen LogP contribution in [0.5, 0.6) is 0 Å². The molecule has 0 saturated carbocycles. The van der Waals surface area contributed by atoms with Gasteiger partial charge in [-0.3, -0.25) is 4.79 Å². The highest BCUT2D eigenvalue weighted by Crippen LogP contribution is 2.46. The van der Waals surface area contributed by atoms with E-state index in [1.807, 2.05) is 6.07 Å². The fourth-order valence-corrected chi connectivity index (χ4v) is 2.95. The molecule has 1 aromatic carbocycles. The van der Waals surface area contributed by atoms with Crippen LogP contribution in [0.25, 0.3) is 0 Å². The van der Waals surface area contributed by atoms with Crippen LogP contribution in [-0.4, -0.2) is 39.2 Å². The topological polar surface area (TPSA) is 55.8 Å². The van der Waals surface area contributed by atoms with Gasteiger partial charge in [-0.15, -0.1) is 0 Å². The van der Waals surface area contributed by atoms with E-state index in [2.05, 4.69) is 0 Å². The molecule has 1 aromatic rings. The Hall–Kier alpha value is -1.88. The third kappa shape index (κ3) is 1.51. The zero-order chi connectivity index (χ0) is 13.6. The van der Waals surface area contributed by atoms with Crippen LogP contribution in [0, 0.1) is 0 Å². The molecule has 5 nitrogen and oxygen atoms in total. The van der Waals surface area contributed by atoms with E-state index >= 15 is 0 Å². The summed E-state index contributed by atoms with van der Waals surface area (Å²) in [7, 11) is 3.08. The molecule has 0 bridgehead atoms. The van der Waals surface area contributed by atoms with Crippen LogP contribution in [-0.2, 0) is 19.7 Å². The molecule has 1 atom stereocenters. The summed E-state index contributed by atoms with van der Waals surface area (Å²) in [6.45, 7) is 1.01. The molecule has 0 N–H and O–H groups in total. The Kier molecular flexibility index (Phi) is 2.60. The highest BCUT2D eigenvalue weighted by atomic mass is 16.5. The highest BCUT2D eigenvalue weighted by molar-refractivity contribution is 6.09. The predicted octanol–water partition coefficient (Wildman–Crippen LogP) is 1.11. The molecule has 3 rings (SSSR count). The van der Waals surface area contributed by atoms with Gasteiger partial charge < -0.3 is 14.4 Å². The standard InChI is InChI=1S/C14H15NO4/c1-15-11-7-9(12(16)18-2)3-4-10(11)14(13(15)17)5-6-19-8-14/h3-4,7H,5-6,8H2,1-2H3. The first-order valence-corrected chi connectivity index (χ1v) is 6.19. The highest BCUT2D eigenvalue weighted by Gasteiger charge is 2.52. The van der Waals surface area contributed by atoms with Crippen molar-refractivity contribution in [3.8, 4) is 0 Å². The third-order valence-electron chi connectivity index (χ3n) is 4.03. The summed E-state index contributed by atoms with van der Waals surface area (Å²) in [4.78, 5) is 25.6. The minimum atomic E-state index is -0.557. The Morgan fingerprint density at radius 3 is 2.89 bits per heavy atom. The Morgan fingerprint density at radius 1 is 1.47 bits per heavy atom. The van der Waals surface area contributed by atoms with Crippen molar-refractivity contribution < 1.29 is 19.1 Å². The fraction of sp³-hybridized carbons (Fsp3) is 0.429. The fourth-order valence-electron chi connectivity index (χ4n) is 2.95. The van der Waals surface area contributed by atoms with Gasteiger partial charge in [0.05, 0.1) is 19.3 Å². The van der Waals surface area contributed by atoms with E-state index in [9.17, 15) is 9.59 Å². The molecular formula is C14H15NO4. The van der Waals surface area contributed by atoms with Crippen LogP contribution in [0.3, 0.4) is 0 Å². The van der Waals surface area contributed by atoms with Gasteiger partial charge in [0.1, 0.15) is 5.41 Å². The van der Waals surface area contributed by atoms with E-state index < -0.39 is 11.4 Å². The number of ether oxygens (including phenoxy) is 2. The van der Waals surface area contributed by atoms with Gasteiger partial charge in [0.2, 0.25) is 5.91 Å². The molecule has 1 saturated heterocycles. The molecule has 19 heavy (non-hydrogen) atoms. The molecule has 1 amide bonds. The van der Waals surface area contributed by atoms with Crippen LogP contribution < -0.4 is 4.90 Å². The molecule has 100 valence electrons. The lowest BCUT2D eigenvalue weighted by molar-refractivity contribution is -0.122. The van der Waals surface area contributed by atoms with Crippen molar-refractivity contribution in [3.05, 3.63) is 29.3 Å². The zero-order valence-corrected chi connectivity index (χ0v) is 10.9. The number of anilines is 1. The van der Waals surface area contributed by atoms with Gasteiger partial charge in [0.25, 0.3) is 0 Å². The van der Waals surface area contributed by atoms with E-state index in [0.717, 1.165) is 11.3 Å². The Morgan fingerprint density at radius 2 is 2.26 bits per heavy atom. The maximum Gasteiger partial charge on any atom is 0.337 e. The van der Waals surface area contributed by atoms with Crippen molar-refractivity contribution in [2.24, 2.45) is 0 Å². The number of methoxy groups -OCH3 is 1. The summed E-state index contributed by atoms with van der Waals surface area (Å²) in [6.07, 6.45) is 0.695. The van der Waals surface area contributed by atoms with Gasteiger partial charge in [-0.1, -0.05) is 6.07 Å². The Labute approximate surface area is 111 Å². The number of likely N-dealkylation sites (N-methyl/N-ethyl adjacent to an activating group) is 1. The Bertz CT molecular complexity index is 561. The SMILES string of the molecule is COC(=O)c1ccc2c(c1)N(C)C(=O)C21CCOC1. The van der Waals surface area contributed by atoms with Crippen LogP contribution in [0.4, 0.5) is 5.69 Å². The van der Waals surface area contributed by atoms with Gasteiger partial charge in [-0.25, -0.2) is 4.79 Å². The van der Waals surface area contributed by atoms with E-state index in [-0.39, 0.29) is 5.91 Å². The summed E-state index contributed by atoms with van der Waals surface area (Å²) in [5.74, 6) is -0.353. The molecular weight excluding hydrogens is 246 g/mol. The molecule has 1 spiro atoms. The molecule has 0 aromatic heterocycles. The number of rotatable bonds is 1. The normalized spacial score (nSPS) is 24.9.